The van der Waals surface area contributed by atoms with Gasteiger partial charge in [0.25, 0.3) is 0 Å². The largest absolute Gasteiger partial charge is 0.329 e. The van der Waals surface area contributed by atoms with Crippen LogP contribution in [0.1, 0.15) is 31.4 Å². The maximum absolute atomic E-state index is 5.93. The van der Waals surface area contributed by atoms with Gasteiger partial charge in [0.05, 0.1) is 0 Å². The number of hydrogen-bond acceptors (Lipinski definition) is 2. The summed E-state index contributed by atoms with van der Waals surface area (Å²) in [7, 11) is 0. The van der Waals surface area contributed by atoms with Crippen molar-refractivity contribution in [2.75, 3.05) is 19.6 Å². The molecule has 1 heterocycles. The molecule has 2 atom stereocenters. The van der Waals surface area contributed by atoms with Gasteiger partial charge in [-0.1, -0.05) is 37.1 Å². The van der Waals surface area contributed by atoms with Crippen molar-refractivity contribution < 1.29 is 0 Å². The highest BCUT2D eigenvalue weighted by molar-refractivity contribution is 6.30. The lowest BCUT2D eigenvalue weighted by Gasteiger charge is -2.27. The second kappa shape index (κ2) is 5.85. The summed E-state index contributed by atoms with van der Waals surface area (Å²) < 4.78 is 0. The van der Waals surface area contributed by atoms with Crippen molar-refractivity contribution in [3.05, 3.63) is 34.9 Å². The molecule has 1 aliphatic rings. The van der Waals surface area contributed by atoms with Crippen LogP contribution in [0.25, 0.3) is 0 Å². The van der Waals surface area contributed by atoms with E-state index >= 15 is 0 Å². The van der Waals surface area contributed by atoms with Crippen LogP contribution in [-0.2, 0) is 0 Å². The van der Waals surface area contributed by atoms with Gasteiger partial charge < -0.3 is 5.73 Å². The Labute approximate surface area is 109 Å². The second-order valence-corrected chi connectivity index (χ2v) is 5.30. The van der Waals surface area contributed by atoms with Crippen LogP contribution in [0.5, 0.6) is 0 Å². The van der Waals surface area contributed by atoms with Crippen molar-refractivity contribution in [1.82, 2.24) is 4.90 Å². The molecule has 1 saturated heterocycles. The van der Waals surface area contributed by atoms with Crippen LogP contribution < -0.4 is 5.73 Å². The highest BCUT2D eigenvalue weighted by Crippen LogP contribution is 2.28. The second-order valence-electron chi connectivity index (χ2n) is 4.86. The zero-order valence-corrected chi connectivity index (χ0v) is 11.2. The summed E-state index contributed by atoms with van der Waals surface area (Å²) >= 11 is 5.92. The third kappa shape index (κ3) is 3.01. The van der Waals surface area contributed by atoms with E-state index in [-0.39, 0.29) is 0 Å². The van der Waals surface area contributed by atoms with E-state index in [0.29, 0.717) is 12.6 Å². The fourth-order valence-corrected chi connectivity index (χ4v) is 2.79. The number of halogens is 1. The average Bonchev–Trinajstić information content (AvgIpc) is 2.81. The van der Waals surface area contributed by atoms with E-state index in [4.69, 9.17) is 17.3 Å². The summed E-state index contributed by atoms with van der Waals surface area (Å²) in [5.74, 6) is 0.844. The molecule has 1 aliphatic heterocycles. The van der Waals surface area contributed by atoms with Gasteiger partial charge in [0.1, 0.15) is 0 Å². The fraction of sp³-hybridized carbons (Fsp3) is 0.571. The van der Waals surface area contributed by atoms with Gasteiger partial charge in [-0.15, -0.1) is 0 Å². The van der Waals surface area contributed by atoms with E-state index in [9.17, 15) is 0 Å². The van der Waals surface area contributed by atoms with Crippen LogP contribution in [0.3, 0.4) is 0 Å². The fourth-order valence-electron chi connectivity index (χ4n) is 2.66. The molecule has 0 amide bonds. The monoisotopic (exact) mass is 252 g/mol. The lowest BCUT2D eigenvalue weighted by atomic mass is 10.0. The van der Waals surface area contributed by atoms with Gasteiger partial charge in [0.15, 0.2) is 0 Å². The number of nitrogens with zero attached hydrogens (tertiary/aromatic N) is 1. The predicted octanol–water partition coefficient (Wildman–Crippen LogP) is 3.07. The smallest absolute Gasteiger partial charge is 0.0470 e. The van der Waals surface area contributed by atoms with E-state index in [1.54, 1.807) is 0 Å². The first-order valence-electron chi connectivity index (χ1n) is 6.44. The molecule has 2 N–H and O–H groups in total. The molecule has 1 aromatic carbocycles. The Morgan fingerprint density at radius 2 is 2.12 bits per heavy atom. The number of likely N-dealkylation sites (tertiary alicyclic amines) is 1. The number of nitrogens with two attached hydrogens (primary N) is 1. The first-order valence-corrected chi connectivity index (χ1v) is 6.82. The Bertz CT molecular complexity index is 350. The summed E-state index contributed by atoms with van der Waals surface area (Å²) in [5.41, 5.74) is 7.22. The summed E-state index contributed by atoms with van der Waals surface area (Å²) in [6.45, 7) is 5.30. The van der Waals surface area contributed by atoms with Gasteiger partial charge in [-0.2, -0.15) is 0 Å². The highest BCUT2D eigenvalue weighted by atomic mass is 35.5. The zero-order valence-electron chi connectivity index (χ0n) is 10.4. The zero-order chi connectivity index (χ0) is 12.3. The lowest BCUT2D eigenvalue weighted by Crippen LogP contribution is -2.32. The molecule has 2 unspecified atom stereocenters. The Morgan fingerprint density at radius 3 is 2.65 bits per heavy atom. The van der Waals surface area contributed by atoms with Crippen molar-refractivity contribution in [2.24, 2.45) is 11.7 Å². The summed E-state index contributed by atoms with van der Waals surface area (Å²) in [4.78, 5) is 2.51. The number of benzene rings is 1. The summed E-state index contributed by atoms with van der Waals surface area (Å²) in [6.07, 6.45) is 2.58. The van der Waals surface area contributed by atoms with E-state index in [1.165, 1.54) is 31.5 Å². The molecule has 2 rings (SSSR count). The van der Waals surface area contributed by atoms with E-state index in [2.05, 4.69) is 24.0 Å². The molecule has 0 aliphatic carbocycles. The Hall–Kier alpha value is -0.570. The van der Waals surface area contributed by atoms with E-state index in [1.807, 2.05) is 12.1 Å². The molecule has 3 heteroatoms. The molecule has 94 valence electrons. The minimum absolute atomic E-state index is 0.351. The predicted molar refractivity (Wildman–Crippen MR) is 73.2 cm³/mol. The third-order valence-corrected chi connectivity index (χ3v) is 4.07. The first-order chi connectivity index (χ1) is 8.24. The van der Waals surface area contributed by atoms with Crippen LogP contribution in [0.15, 0.2) is 24.3 Å². The van der Waals surface area contributed by atoms with Crippen LogP contribution in [-0.4, -0.2) is 24.5 Å². The van der Waals surface area contributed by atoms with Gasteiger partial charge in [-0.05, 0) is 36.6 Å². The summed E-state index contributed by atoms with van der Waals surface area (Å²) in [5, 5.41) is 0.789. The maximum Gasteiger partial charge on any atom is 0.0470 e. The molecular weight excluding hydrogens is 232 g/mol. The topological polar surface area (TPSA) is 29.3 Å². The van der Waals surface area contributed by atoms with Gasteiger partial charge in [-0.25, -0.2) is 0 Å². The van der Waals surface area contributed by atoms with E-state index < -0.39 is 0 Å². The van der Waals surface area contributed by atoms with Crippen molar-refractivity contribution in [3.8, 4) is 0 Å². The third-order valence-electron chi connectivity index (χ3n) is 3.81. The molecule has 0 radical (unpaired) electrons. The van der Waals surface area contributed by atoms with Crippen molar-refractivity contribution in [1.29, 1.82) is 0 Å². The van der Waals surface area contributed by atoms with Crippen molar-refractivity contribution in [2.45, 2.75) is 25.8 Å². The van der Waals surface area contributed by atoms with Gasteiger partial charge in [0, 0.05) is 24.2 Å². The molecule has 0 bridgehead atoms. The molecule has 1 aromatic rings. The molecule has 0 spiro atoms. The Morgan fingerprint density at radius 1 is 1.41 bits per heavy atom. The van der Waals surface area contributed by atoms with Crippen LogP contribution >= 0.6 is 11.6 Å². The standard InChI is InChI=1S/C14H21ClN2/c1-2-11-7-8-17(10-11)14(9-16)12-3-5-13(15)6-4-12/h3-6,11,14H,2,7-10,16H2,1H3. The molecule has 17 heavy (non-hydrogen) atoms. The number of rotatable bonds is 4. The molecule has 0 aromatic heterocycles. The molecular formula is C14H21ClN2. The van der Waals surface area contributed by atoms with Crippen LogP contribution in [0, 0.1) is 5.92 Å². The van der Waals surface area contributed by atoms with Crippen LogP contribution in [0.2, 0.25) is 5.02 Å². The minimum Gasteiger partial charge on any atom is -0.329 e. The number of hydrogen-bond donors (Lipinski definition) is 1. The van der Waals surface area contributed by atoms with E-state index in [0.717, 1.165) is 10.9 Å². The minimum atomic E-state index is 0.351. The Kier molecular flexibility index (Phi) is 4.43. The average molecular weight is 253 g/mol. The van der Waals surface area contributed by atoms with Gasteiger partial charge in [0.2, 0.25) is 0 Å². The SMILES string of the molecule is CCC1CCN(C(CN)c2ccc(Cl)cc2)C1. The lowest BCUT2D eigenvalue weighted by molar-refractivity contribution is 0.241. The normalized spacial score (nSPS) is 22.9. The molecule has 1 fully saturated rings. The quantitative estimate of drug-likeness (QED) is 0.893. The maximum atomic E-state index is 5.93. The summed E-state index contributed by atoms with van der Waals surface area (Å²) in [6, 6.07) is 8.45. The van der Waals surface area contributed by atoms with Gasteiger partial charge in [-0.3, -0.25) is 4.90 Å². The van der Waals surface area contributed by atoms with Crippen molar-refractivity contribution >= 4 is 11.6 Å². The van der Waals surface area contributed by atoms with Gasteiger partial charge >= 0.3 is 0 Å². The Balaban J connectivity index is 2.08. The molecule has 2 nitrogen and oxygen atoms in total. The first kappa shape index (κ1) is 12.9. The highest BCUT2D eigenvalue weighted by Gasteiger charge is 2.27. The molecule has 0 saturated carbocycles. The van der Waals surface area contributed by atoms with Crippen molar-refractivity contribution in [3.63, 3.8) is 0 Å². The van der Waals surface area contributed by atoms with Crippen LogP contribution in [0.4, 0.5) is 0 Å².